The number of hydrogen-bond acceptors (Lipinski definition) is 3. The van der Waals surface area contributed by atoms with E-state index in [1.165, 1.54) is 0 Å². The monoisotopic (exact) mass is 204 g/mol. The van der Waals surface area contributed by atoms with Crippen LogP contribution in [0.3, 0.4) is 0 Å². The summed E-state index contributed by atoms with van der Waals surface area (Å²) < 4.78 is 0. The van der Waals surface area contributed by atoms with Crippen molar-refractivity contribution in [3.05, 3.63) is 34.4 Å². The Balaban J connectivity index is 2.57. The molecule has 2 aromatic heterocycles. The number of aromatic nitrogens is 4. The fourth-order valence-corrected chi connectivity index (χ4v) is 1.46. The van der Waals surface area contributed by atoms with Gasteiger partial charge in [-0.05, 0) is 17.5 Å². The fraction of sp³-hybridized carbons (Fsp3) is 0.300. The van der Waals surface area contributed by atoms with Gasteiger partial charge in [-0.2, -0.15) is 5.10 Å². The van der Waals surface area contributed by atoms with E-state index in [2.05, 4.69) is 34.0 Å². The minimum Gasteiger partial charge on any atom is -0.288 e. The molecule has 2 N–H and O–H groups in total. The molecular formula is C10H12N4O. The molecule has 2 heterocycles. The van der Waals surface area contributed by atoms with Gasteiger partial charge in [0.1, 0.15) is 5.69 Å². The van der Waals surface area contributed by atoms with Crippen LogP contribution in [0.1, 0.15) is 25.3 Å². The predicted molar refractivity (Wildman–Crippen MR) is 56.5 cm³/mol. The van der Waals surface area contributed by atoms with Crippen LogP contribution in [-0.2, 0) is 0 Å². The molecule has 0 aromatic carbocycles. The van der Waals surface area contributed by atoms with Crippen LogP contribution in [0.4, 0.5) is 0 Å². The van der Waals surface area contributed by atoms with Crippen molar-refractivity contribution < 1.29 is 0 Å². The van der Waals surface area contributed by atoms with Gasteiger partial charge >= 0.3 is 5.69 Å². The van der Waals surface area contributed by atoms with Gasteiger partial charge in [0.05, 0.1) is 0 Å². The maximum Gasteiger partial charge on any atom is 0.340 e. The Bertz CT molecular complexity index is 512. The second kappa shape index (κ2) is 3.68. The highest BCUT2D eigenvalue weighted by molar-refractivity contribution is 5.54. The summed E-state index contributed by atoms with van der Waals surface area (Å²) in [5.74, 6) is 0.832. The van der Waals surface area contributed by atoms with Crippen molar-refractivity contribution in [2.75, 3.05) is 0 Å². The minimum atomic E-state index is -0.314. The van der Waals surface area contributed by atoms with Crippen LogP contribution < -0.4 is 5.69 Å². The zero-order chi connectivity index (χ0) is 10.8. The Morgan fingerprint density at radius 2 is 2.20 bits per heavy atom. The van der Waals surface area contributed by atoms with Gasteiger partial charge in [-0.15, -0.1) is 0 Å². The van der Waals surface area contributed by atoms with E-state index in [1.54, 1.807) is 6.20 Å². The number of H-pyrrole nitrogens is 2. The van der Waals surface area contributed by atoms with Crippen molar-refractivity contribution in [1.82, 2.24) is 20.2 Å². The maximum atomic E-state index is 10.9. The lowest BCUT2D eigenvalue weighted by Gasteiger charge is -2.08. The largest absolute Gasteiger partial charge is 0.340 e. The molecule has 15 heavy (non-hydrogen) atoms. The van der Waals surface area contributed by atoms with Gasteiger partial charge in [0.25, 0.3) is 0 Å². The number of nitrogens with one attached hydrogen (secondary N) is 2. The molecule has 5 heteroatoms. The van der Waals surface area contributed by atoms with Crippen molar-refractivity contribution in [1.29, 1.82) is 0 Å². The third-order valence-electron chi connectivity index (χ3n) is 2.19. The van der Waals surface area contributed by atoms with Gasteiger partial charge in [0, 0.05) is 6.20 Å². The average molecular weight is 204 g/mol. The number of aromatic amines is 2. The Morgan fingerprint density at radius 1 is 1.40 bits per heavy atom. The summed E-state index contributed by atoms with van der Waals surface area (Å²) in [6, 6.07) is 3.86. The first-order chi connectivity index (χ1) is 7.18. The molecule has 0 unspecified atom stereocenters. The summed E-state index contributed by atoms with van der Waals surface area (Å²) in [5, 5.41) is 6.21. The van der Waals surface area contributed by atoms with Crippen LogP contribution in [0.5, 0.6) is 0 Å². The molecular weight excluding hydrogens is 192 g/mol. The van der Waals surface area contributed by atoms with Crippen molar-refractivity contribution in [3.63, 3.8) is 0 Å². The van der Waals surface area contributed by atoms with E-state index in [-0.39, 0.29) is 5.69 Å². The first-order valence-corrected chi connectivity index (χ1v) is 4.78. The summed E-state index contributed by atoms with van der Waals surface area (Å²) in [5.41, 5.74) is 1.48. The summed E-state index contributed by atoms with van der Waals surface area (Å²) in [6.45, 7) is 4.15. The molecule has 2 aromatic rings. The van der Waals surface area contributed by atoms with Crippen molar-refractivity contribution in [2.24, 2.45) is 0 Å². The van der Waals surface area contributed by atoms with Crippen LogP contribution in [-0.4, -0.2) is 20.2 Å². The molecule has 78 valence electrons. The van der Waals surface area contributed by atoms with Crippen molar-refractivity contribution in [2.45, 2.75) is 19.8 Å². The lowest BCUT2D eigenvalue weighted by Crippen LogP contribution is -2.01. The zero-order valence-electron chi connectivity index (χ0n) is 8.61. The maximum absolute atomic E-state index is 10.9. The van der Waals surface area contributed by atoms with E-state index < -0.39 is 0 Å². The molecule has 0 saturated heterocycles. The van der Waals surface area contributed by atoms with Crippen LogP contribution in [0, 0.1) is 0 Å². The second-order valence-electron chi connectivity index (χ2n) is 3.62. The highest BCUT2D eigenvalue weighted by Crippen LogP contribution is 2.23. The Hall–Kier alpha value is -1.91. The summed E-state index contributed by atoms with van der Waals surface area (Å²) >= 11 is 0. The molecule has 0 saturated carbocycles. The lowest BCUT2D eigenvalue weighted by atomic mass is 10.0. The van der Waals surface area contributed by atoms with E-state index in [9.17, 15) is 4.79 Å². The molecule has 5 nitrogen and oxygen atoms in total. The van der Waals surface area contributed by atoms with Gasteiger partial charge in [-0.25, -0.2) is 9.89 Å². The minimum absolute atomic E-state index is 0.314. The van der Waals surface area contributed by atoms with Crippen molar-refractivity contribution in [3.8, 4) is 11.5 Å². The summed E-state index contributed by atoms with van der Waals surface area (Å²) in [6.07, 6.45) is 1.69. The molecule has 0 radical (unpaired) electrons. The highest BCUT2D eigenvalue weighted by Gasteiger charge is 2.11. The third kappa shape index (κ3) is 1.81. The fourth-order valence-electron chi connectivity index (χ4n) is 1.46. The van der Waals surface area contributed by atoms with Crippen LogP contribution in [0.2, 0.25) is 0 Å². The summed E-state index contributed by atoms with van der Waals surface area (Å²) in [4.78, 5) is 17.8. The number of rotatable bonds is 2. The molecule has 0 amide bonds. The molecule has 0 bridgehead atoms. The second-order valence-corrected chi connectivity index (χ2v) is 3.62. The molecule has 0 spiro atoms. The van der Waals surface area contributed by atoms with E-state index in [0.29, 0.717) is 11.7 Å². The molecule has 0 aliphatic carbocycles. The topological polar surface area (TPSA) is 74.4 Å². The quantitative estimate of drug-likeness (QED) is 0.773. The van der Waals surface area contributed by atoms with Gasteiger partial charge in [0.2, 0.25) is 0 Å². The predicted octanol–water partition coefficient (Wildman–Crippen LogP) is 1.28. The third-order valence-corrected chi connectivity index (χ3v) is 2.19. The first kappa shape index (κ1) is 9.64. The standard InChI is InChI=1S/C10H12N4O/c1-6(2)7-4-3-5-11-8(7)9-12-10(15)14-13-9/h3-6H,1-2H3,(H2,12,13,14,15). The molecule has 0 atom stereocenters. The highest BCUT2D eigenvalue weighted by atomic mass is 16.1. The number of nitrogens with zero attached hydrogens (tertiary/aromatic N) is 2. The van der Waals surface area contributed by atoms with Gasteiger partial charge in [-0.3, -0.25) is 9.97 Å². The van der Waals surface area contributed by atoms with E-state index in [4.69, 9.17) is 0 Å². The van der Waals surface area contributed by atoms with Crippen molar-refractivity contribution >= 4 is 0 Å². The van der Waals surface area contributed by atoms with E-state index in [0.717, 1.165) is 11.3 Å². The SMILES string of the molecule is CC(C)c1cccnc1-c1n[nH]c(=O)[nH]1. The van der Waals surface area contributed by atoms with Gasteiger partial charge in [0.15, 0.2) is 5.82 Å². The molecule has 0 aliphatic heterocycles. The zero-order valence-corrected chi connectivity index (χ0v) is 8.61. The number of pyridine rings is 1. The van der Waals surface area contributed by atoms with Crippen LogP contribution >= 0.6 is 0 Å². The Kier molecular flexibility index (Phi) is 2.37. The summed E-state index contributed by atoms with van der Waals surface area (Å²) in [7, 11) is 0. The van der Waals surface area contributed by atoms with E-state index >= 15 is 0 Å². The average Bonchev–Trinajstić information content (AvgIpc) is 2.65. The number of hydrogen-bond donors (Lipinski definition) is 2. The smallest absolute Gasteiger partial charge is 0.288 e. The molecule has 0 fully saturated rings. The Labute approximate surface area is 86.6 Å². The first-order valence-electron chi connectivity index (χ1n) is 4.78. The van der Waals surface area contributed by atoms with Crippen LogP contribution in [0.25, 0.3) is 11.5 Å². The van der Waals surface area contributed by atoms with Crippen LogP contribution in [0.15, 0.2) is 23.1 Å². The lowest BCUT2D eigenvalue weighted by molar-refractivity contribution is 0.858. The van der Waals surface area contributed by atoms with E-state index in [1.807, 2.05) is 12.1 Å². The van der Waals surface area contributed by atoms with Gasteiger partial charge < -0.3 is 0 Å². The van der Waals surface area contributed by atoms with Gasteiger partial charge in [-0.1, -0.05) is 19.9 Å². The molecule has 0 aliphatic rings. The Morgan fingerprint density at radius 3 is 2.80 bits per heavy atom. The normalized spacial score (nSPS) is 10.9. The molecule has 2 rings (SSSR count).